The summed E-state index contributed by atoms with van der Waals surface area (Å²) >= 11 is 0. The molecule has 15 heteroatoms. The topological polar surface area (TPSA) is 18.5 Å². The molecule has 182 valence electrons. The van der Waals surface area contributed by atoms with Gasteiger partial charge in [-0.1, -0.05) is 0 Å². The summed E-state index contributed by atoms with van der Waals surface area (Å²) in [4.78, 5) is 0. The zero-order chi connectivity index (χ0) is 24.9. The quantitative estimate of drug-likeness (QED) is 0.377. The molecule has 0 fully saturated rings. The fourth-order valence-electron chi connectivity index (χ4n) is 4.57. The van der Waals surface area contributed by atoms with Gasteiger partial charge in [0.25, 0.3) is 0 Å². The maximum atomic E-state index is 13.9. The van der Waals surface area contributed by atoms with E-state index < -0.39 is 66.0 Å². The SMILES string of the molecule is FC(F)(F)C1(C(F)(F)F)O[SiH-]2(OC(C(F)(F)F)(C(F)(F)F)c3ccccc32)c2ccccc21. The minimum atomic E-state index is -6.31. The molecule has 0 radical (unpaired) electrons. The van der Waals surface area contributed by atoms with Gasteiger partial charge in [-0.15, -0.1) is 0 Å². The second kappa shape index (κ2) is 6.44. The van der Waals surface area contributed by atoms with Crippen LogP contribution in [0, 0.1) is 0 Å². The Labute approximate surface area is 177 Å². The number of benzene rings is 2. The Morgan fingerprint density at radius 2 is 0.758 bits per heavy atom. The van der Waals surface area contributed by atoms with Gasteiger partial charge in [0.2, 0.25) is 0 Å². The van der Waals surface area contributed by atoms with Crippen LogP contribution in [0.2, 0.25) is 0 Å². The molecule has 0 unspecified atom stereocenters. The molecular weight excluding hydrogens is 504 g/mol. The summed E-state index contributed by atoms with van der Waals surface area (Å²) in [6, 6.07) is 4.95. The number of hydrogen-bond acceptors (Lipinski definition) is 2. The number of halogens is 12. The molecule has 2 aliphatic rings. The molecular formula is C18H9F12O2Si-. The van der Waals surface area contributed by atoms with Crippen molar-refractivity contribution in [1.82, 2.24) is 0 Å². The van der Waals surface area contributed by atoms with Crippen LogP contribution in [-0.2, 0) is 20.1 Å². The fourth-order valence-corrected chi connectivity index (χ4v) is 9.39. The molecule has 0 saturated carbocycles. The molecule has 1 spiro atoms. The van der Waals surface area contributed by atoms with E-state index in [9.17, 15) is 52.7 Å². The second-order valence-corrected chi connectivity index (χ2v) is 10.6. The Morgan fingerprint density at radius 1 is 0.485 bits per heavy atom. The van der Waals surface area contributed by atoms with Crippen molar-refractivity contribution in [3.05, 3.63) is 59.7 Å². The Bertz CT molecular complexity index is 984. The Kier molecular flexibility index (Phi) is 4.66. The molecule has 2 aromatic rings. The van der Waals surface area contributed by atoms with Crippen molar-refractivity contribution in [2.45, 2.75) is 35.9 Å². The first-order valence-corrected chi connectivity index (χ1v) is 11.0. The van der Waals surface area contributed by atoms with Gasteiger partial charge in [0.1, 0.15) is 0 Å². The molecule has 0 N–H and O–H groups in total. The van der Waals surface area contributed by atoms with Crippen LogP contribution in [-0.4, -0.2) is 33.3 Å². The van der Waals surface area contributed by atoms with Gasteiger partial charge in [-0.25, -0.2) is 0 Å². The molecule has 0 saturated heterocycles. The van der Waals surface area contributed by atoms with E-state index in [2.05, 4.69) is 8.85 Å². The number of hydrogen-bond donors (Lipinski definition) is 0. The molecule has 0 bridgehead atoms. The predicted octanol–water partition coefficient (Wildman–Crippen LogP) is 4.68. The molecule has 0 aromatic heterocycles. The van der Waals surface area contributed by atoms with Gasteiger partial charge in [0, 0.05) is 0 Å². The van der Waals surface area contributed by atoms with Crippen molar-refractivity contribution in [3.63, 3.8) is 0 Å². The van der Waals surface area contributed by atoms with Crippen molar-refractivity contribution >= 4 is 18.9 Å². The maximum absolute atomic E-state index is 13.9. The first-order valence-electron chi connectivity index (χ1n) is 8.88. The number of fused-ring (bicyclic) bond motifs is 4. The molecule has 2 aromatic carbocycles. The third kappa shape index (κ3) is 2.72. The van der Waals surface area contributed by atoms with Crippen LogP contribution >= 0.6 is 0 Å². The summed E-state index contributed by atoms with van der Waals surface area (Å²) in [5, 5.41) is -2.25. The van der Waals surface area contributed by atoms with Crippen LogP contribution in [0.3, 0.4) is 0 Å². The number of alkyl halides is 12. The minimum absolute atomic E-state index is 0.304. The van der Waals surface area contributed by atoms with Gasteiger partial charge in [-0.3, -0.25) is 0 Å². The van der Waals surface area contributed by atoms with Gasteiger partial charge >= 0.3 is 176 Å². The Hall–Kier alpha value is -2.26. The van der Waals surface area contributed by atoms with Crippen LogP contribution < -0.4 is 10.4 Å². The monoisotopic (exact) mass is 513 g/mol. The molecule has 2 nitrogen and oxygen atoms in total. The first kappa shape index (κ1) is 23.9. The van der Waals surface area contributed by atoms with E-state index in [0.717, 1.165) is 24.3 Å². The van der Waals surface area contributed by atoms with Crippen LogP contribution in [0.1, 0.15) is 11.1 Å². The van der Waals surface area contributed by atoms with E-state index in [1.165, 1.54) is 0 Å². The van der Waals surface area contributed by atoms with Crippen LogP contribution in [0.15, 0.2) is 48.5 Å². The third-order valence-electron chi connectivity index (χ3n) is 5.78. The van der Waals surface area contributed by atoms with Gasteiger partial charge in [-0.05, 0) is 0 Å². The van der Waals surface area contributed by atoms with E-state index in [1.54, 1.807) is 0 Å². The fraction of sp³-hybridized carbons (Fsp3) is 0.333. The van der Waals surface area contributed by atoms with Crippen molar-refractivity contribution in [2.24, 2.45) is 0 Å². The van der Waals surface area contributed by atoms with E-state index in [0.29, 0.717) is 24.3 Å². The van der Waals surface area contributed by atoms with E-state index in [4.69, 9.17) is 0 Å². The Morgan fingerprint density at radius 3 is 1.03 bits per heavy atom. The molecule has 2 heterocycles. The van der Waals surface area contributed by atoms with E-state index in [-0.39, 0.29) is 0 Å². The van der Waals surface area contributed by atoms with E-state index >= 15 is 0 Å². The third-order valence-corrected chi connectivity index (χ3v) is 9.80. The average molecular weight is 513 g/mol. The summed E-state index contributed by atoms with van der Waals surface area (Å²) in [6.07, 6.45) is -25.2. The molecule has 33 heavy (non-hydrogen) atoms. The van der Waals surface area contributed by atoms with Gasteiger partial charge in [-0.2, -0.15) is 0 Å². The molecule has 0 aliphatic carbocycles. The molecule has 4 rings (SSSR count). The van der Waals surface area contributed by atoms with Crippen LogP contribution in [0.4, 0.5) is 52.7 Å². The average Bonchev–Trinajstić information content (AvgIpc) is 3.14. The molecule has 2 aliphatic heterocycles. The summed E-state index contributed by atoms with van der Waals surface area (Å²) in [5.74, 6) is 0. The van der Waals surface area contributed by atoms with Crippen LogP contribution in [0.25, 0.3) is 0 Å². The predicted molar refractivity (Wildman–Crippen MR) is 89.0 cm³/mol. The second-order valence-electron chi connectivity index (χ2n) is 7.48. The van der Waals surface area contributed by atoms with Gasteiger partial charge < -0.3 is 0 Å². The van der Waals surface area contributed by atoms with Crippen LogP contribution in [0.5, 0.6) is 0 Å². The van der Waals surface area contributed by atoms with Crippen molar-refractivity contribution in [1.29, 1.82) is 0 Å². The summed E-state index contributed by atoms with van der Waals surface area (Å²) in [6.45, 7) is 0. The summed E-state index contributed by atoms with van der Waals surface area (Å²) in [5.41, 5.74) is -13.7. The van der Waals surface area contributed by atoms with Crippen molar-refractivity contribution in [2.75, 3.05) is 0 Å². The van der Waals surface area contributed by atoms with Crippen molar-refractivity contribution < 1.29 is 61.5 Å². The van der Waals surface area contributed by atoms with Gasteiger partial charge in [0.05, 0.1) is 0 Å². The Balaban J connectivity index is 2.15. The standard InChI is InChI=1S/C18H9F12O2Si/c19-15(20,21)13(16(22,23)24)9-5-1-3-7-11(9)33(31-13)12-8-4-2-6-10(12)14(32-33,17(25,26)27)18(28,29)30/h1-8,33H/q-1. The normalized spacial score (nSPS) is 22.2. The zero-order valence-corrected chi connectivity index (χ0v) is 16.7. The van der Waals surface area contributed by atoms with E-state index in [1.807, 2.05) is 0 Å². The zero-order valence-electron chi connectivity index (χ0n) is 15.5. The molecule has 0 amide bonds. The summed E-state index contributed by atoms with van der Waals surface area (Å²) < 4.78 is 176. The molecule has 0 atom stereocenters. The first-order chi connectivity index (χ1) is 14.9. The van der Waals surface area contributed by atoms with Crippen molar-refractivity contribution in [3.8, 4) is 0 Å². The summed E-state index contributed by atoms with van der Waals surface area (Å²) in [7, 11) is -6.31. The number of rotatable bonds is 0. The van der Waals surface area contributed by atoms with Gasteiger partial charge in [0.15, 0.2) is 0 Å².